The van der Waals surface area contributed by atoms with Crippen LogP contribution in [0.4, 0.5) is 0 Å². The Morgan fingerprint density at radius 3 is 2.81 bits per heavy atom. The van der Waals surface area contributed by atoms with Gasteiger partial charge in [-0.2, -0.15) is 0 Å². The Labute approximate surface area is 151 Å². The van der Waals surface area contributed by atoms with Crippen molar-refractivity contribution in [2.75, 3.05) is 6.54 Å². The van der Waals surface area contributed by atoms with E-state index < -0.39 is 17.9 Å². The molecule has 4 atom stereocenters. The molecule has 140 valence electrons. The molecule has 26 heavy (non-hydrogen) atoms. The summed E-state index contributed by atoms with van der Waals surface area (Å²) in [5, 5.41) is 9.61. The van der Waals surface area contributed by atoms with Gasteiger partial charge in [-0.15, -0.1) is 0 Å². The SMILES string of the molecule is O=C(O)[C@@H]1C[C@@H]2CCCC[C@@H]2N1C(=O)[C@H]1CC(=O)N(Cc2ccco2)C1. The molecular weight excluding hydrogens is 336 g/mol. The van der Waals surface area contributed by atoms with Gasteiger partial charge >= 0.3 is 5.97 Å². The van der Waals surface area contributed by atoms with Gasteiger partial charge in [0.25, 0.3) is 0 Å². The molecule has 0 aromatic carbocycles. The molecule has 3 fully saturated rings. The first-order valence-electron chi connectivity index (χ1n) is 9.39. The van der Waals surface area contributed by atoms with Crippen LogP contribution in [0.5, 0.6) is 0 Å². The van der Waals surface area contributed by atoms with Crippen LogP contribution < -0.4 is 0 Å². The summed E-state index contributed by atoms with van der Waals surface area (Å²) >= 11 is 0. The predicted molar refractivity (Wildman–Crippen MR) is 90.9 cm³/mol. The van der Waals surface area contributed by atoms with Crippen molar-refractivity contribution in [1.82, 2.24) is 9.80 Å². The summed E-state index contributed by atoms with van der Waals surface area (Å²) in [6.07, 6.45) is 6.26. The fourth-order valence-electron chi connectivity index (χ4n) is 4.89. The number of likely N-dealkylation sites (tertiary alicyclic amines) is 2. The lowest BCUT2D eigenvalue weighted by atomic mass is 9.84. The number of hydrogen-bond acceptors (Lipinski definition) is 4. The van der Waals surface area contributed by atoms with Crippen molar-refractivity contribution in [2.24, 2.45) is 11.8 Å². The van der Waals surface area contributed by atoms with Gasteiger partial charge in [-0.3, -0.25) is 9.59 Å². The monoisotopic (exact) mass is 360 g/mol. The summed E-state index contributed by atoms with van der Waals surface area (Å²) in [5.74, 6) is -0.661. The zero-order valence-corrected chi connectivity index (χ0v) is 14.7. The number of rotatable bonds is 4. The fourth-order valence-corrected chi connectivity index (χ4v) is 4.89. The first-order valence-corrected chi connectivity index (χ1v) is 9.39. The minimum absolute atomic E-state index is 0.0200. The summed E-state index contributed by atoms with van der Waals surface area (Å²) in [6, 6.07) is 2.84. The second-order valence-electron chi connectivity index (χ2n) is 7.70. The van der Waals surface area contributed by atoms with Gasteiger partial charge < -0.3 is 19.3 Å². The molecule has 1 aromatic rings. The standard InChI is InChI=1S/C19H24N2O5/c22-17-9-13(10-20(17)11-14-5-3-7-26-14)18(23)21-15-6-2-1-4-12(15)8-16(21)19(24)25/h3,5,7,12-13,15-16H,1-2,4,6,8-11H2,(H,24,25)/t12-,13-,15-,16-/m0/s1. The smallest absolute Gasteiger partial charge is 0.326 e. The van der Waals surface area contributed by atoms with Gasteiger partial charge in [-0.25, -0.2) is 4.79 Å². The van der Waals surface area contributed by atoms with Crippen molar-refractivity contribution < 1.29 is 23.9 Å². The Kier molecular flexibility index (Phi) is 4.46. The van der Waals surface area contributed by atoms with Gasteiger partial charge in [0, 0.05) is 19.0 Å². The maximum absolute atomic E-state index is 13.2. The molecule has 1 aromatic heterocycles. The molecule has 2 saturated heterocycles. The van der Waals surface area contributed by atoms with Crippen LogP contribution in [0, 0.1) is 11.8 Å². The zero-order chi connectivity index (χ0) is 18.3. The molecule has 0 bridgehead atoms. The van der Waals surface area contributed by atoms with Crippen LogP contribution in [0.25, 0.3) is 0 Å². The molecule has 3 aliphatic rings. The Morgan fingerprint density at radius 1 is 1.27 bits per heavy atom. The average Bonchev–Trinajstić information content (AvgIpc) is 3.34. The first kappa shape index (κ1) is 17.1. The second-order valence-corrected chi connectivity index (χ2v) is 7.70. The largest absolute Gasteiger partial charge is 0.480 e. The number of carboxylic acids is 1. The molecule has 7 heteroatoms. The lowest BCUT2D eigenvalue weighted by Gasteiger charge is -2.34. The molecule has 2 amide bonds. The van der Waals surface area contributed by atoms with Crippen LogP contribution in [0.2, 0.25) is 0 Å². The lowest BCUT2D eigenvalue weighted by Crippen LogP contribution is -2.49. The summed E-state index contributed by atoms with van der Waals surface area (Å²) in [5.41, 5.74) is 0. The molecule has 1 aliphatic carbocycles. The Morgan fingerprint density at radius 2 is 2.08 bits per heavy atom. The van der Waals surface area contributed by atoms with E-state index in [4.69, 9.17) is 4.42 Å². The highest BCUT2D eigenvalue weighted by atomic mass is 16.4. The van der Waals surface area contributed by atoms with Gasteiger partial charge in [0.05, 0.1) is 18.7 Å². The third-order valence-corrected chi connectivity index (χ3v) is 6.12. The quantitative estimate of drug-likeness (QED) is 0.885. The Hall–Kier alpha value is -2.31. The first-order chi connectivity index (χ1) is 12.5. The number of furan rings is 1. The second kappa shape index (κ2) is 6.78. The van der Waals surface area contributed by atoms with Crippen molar-refractivity contribution >= 4 is 17.8 Å². The van der Waals surface area contributed by atoms with Crippen LogP contribution in [0.1, 0.15) is 44.3 Å². The van der Waals surface area contributed by atoms with Crippen LogP contribution in [0.15, 0.2) is 22.8 Å². The van der Waals surface area contributed by atoms with E-state index in [-0.39, 0.29) is 30.2 Å². The number of fused-ring (bicyclic) bond motifs is 1. The van der Waals surface area contributed by atoms with Crippen molar-refractivity contribution in [3.8, 4) is 0 Å². The third-order valence-electron chi connectivity index (χ3n) is 6.12. The van der Waals surface area contributed by atoms with Crippen molar-refractivity contribution in [1.29, 1.82) is 0 Å². The van der Waals surface area contributed by atoms with Crippen molar-refractivity contribution in [3.05, 3.63) is 24.2 Å². The highest BCUT2D eigenvalue weighted by molar-refractivity contribution is 5.92. The molecule has 4 rings (SSSR count). The highest BCUT2D eigenvalue weighted by Crippen LogP contribution is 2.41. The summed E-state index contributed by atoms with van der Waals surface area (Å²) in [6.45, 7) is 0.683. The van der Waals surface area contributed by atoms with Gasteiger partial charge in [-0.1, -0.05) is 12.8 Å². The molecule has 0 spiro atoms. The van der Waals surface area contributed by atoms with Crippen molar-refractivity contribution in [3.63, 3.8) is 0 Å². The van der Waals surface area contributed by atoms with Crippen LogP contribution >= 0.6 is 0 Å². The number of hydrogen-bond donors (Lipinski definition) is 1. The van der Waals surface area contributed by atoms with E-state index in [1.54, 1.807) is 28.2 Å². The molecule has 7 nitrogen and oxygen atoms in total. The van der Waals surface area contributed by atoms with E-state index in [1.165, 1.54) is 0 Å². The number of carboxylic acid groups (broad SMARTS) is 1. The molecule has 1 saturated carbocycles. The molecule has 0 radical (unpaired) electrons. The lowest BCUT2D eigenvalue weighted by molar-refractivity contribution is -0.151. The van der Waals surface area contributed by atoms with E-state index in [9.17, 15) is 19.5 Å². The number of nitrogens with zero attached hydrogens (tertiary/aromatic N) is 2. The van der Waals surface area contributed by atoms with E-state index in [0.29, 0.717) is 25.3 Å². The van der Waals surface area contributed by atoms with Gasteiger partial charge in [-0.05, 0) is 37.3 Å². The topological polar surface area (TPSA) is 91.1 Å². The Bertz CT molecular complexity index is 701. The van der Waals surface area contributed by atoms with E-state index in [0.717, 1.165) is 25.7 Å². The van der Waals surface area contributed by atoms with Crippen LogP contribution in [-0.4, -0.2) is 51.3 Å². The van der Waals surface area contributed by atoms with Gasteiger partial charge in [0.1, 0.15) is 11.8 Å². The molecule has 3 heterocycles. The minimum atomic E-state index is -0.926. The molecule has 1 N–H and O–H groups in total. The molecule has 2 aliphatic heterocycles. The fraction of sp³-hybridized carbons (Fsp3) is 0.632. The number of aliphatic carboxylic acids is 1. The maximum atomic E-state index is 13.2. The molecular formula is C19H24N2O5. The average molecular weight is 360 g/mol. The van der Waals surface area contributed by atoms with Gasteiger partial charge in [0.15, 0.2) is 0 Å². The zero-order valence-electron chi connectivity index (χ0n) is 14.7. The van der Waals surface area contributed by atoms with Crippen molar-refractivity contribution in [2.45, 2.75) is 57.2 Å². The number of amides is 2. The maximum Gasteiger partial charge on any atom is 0.326 e. The minimum Gasteiger partial charge on any atom is -0.480 e. The van der Waals surface area contributed by atoms with Gasteiger partial charge in [0.2, 0.25) is 11.8 Å². The normalized spacial score (nSPS) is 31.3. The highest BCUT2D eigenvalue weighted by Gasteiger charge is 2.50. The van der Waals surface area contributed by atoms with E-state index in [1.807, 2.05) is 0 Å². The van der Waals surface area contributed by atoms with Crippen LogP contribution in [0.3, 0.4) is 0 Å². The molecule has 0 unspecified atom stereocenters. The van der Waals surface area contributed by atoms with E-state index >= 15 is 0 Å². The number of carbonyl (C=O) groups excluding carboxylic acids is 2. The predicted octanol–water partition coefficient (Wildman–Crippen LogP) is 1.87. The third kappa shape index (κ3) is 2.99. The summed E-state index contributed by atoms with van der Waals surface area (Å²) in [4.78, 5) is 40.5. The summed E-state index contributed by atoms with van der Waals surface area (Å²) in [7, 11) is 0. The Balaban J connectivity index is 1.49. The number of carbonyl (C=O) groups is 3. The van der Waals surface area contributed by atoms with E-state index in [2.05, 4.69) is 0 Å². The van der Waals surface area contributed by atoms with Crippen LogP contribution in [-0.2, 0) is 20.9 Å². The summed E-state index contributed by atoms with van der Waals surface area (Å²) < 4.78 is 5.29.